The van der Waals surface area contributed by atoms with Crippen molar-refractivity contribution in [3.05, 3.63) is 23.9 Å². The van der Waals surface area contributed by atoms with E-state index >= 15 is 0 Å². The molecule has 0 N–H and O–H groups in total. The Morgan fingerprint density at radius 1 is 1.55 bits per heavy atom. The molecule has 0 fully saturated rings. The fourth-order valence-electron chi connectivity index (χ4n) is 0.740. The highest BCUT2D eigenvalue weighted by Gasteiger charge is 2.12. The normalized spacial score (nSPS) is 10.2. The van der Waals surface area contributed by atoms with E-state index in [2.05, 4.69) is 9.72 Å². The Morgan fingerprint density at radius 2 is 2.27 bits per heavy atom. The summed E-state index contributed by atoms with van der Waals surface area (Å²) in [4.78, 5) is 3.62. The lowest BCUT2D eigenvalue weighted by Gasteiger charge is -2.03. The van der Waals surface area contributed by atoms with Gasteiger partial charge in [0.15, 0.2) is 0 Å². The summed E-state index contributed by atoms with van der Waals surface area (Å²) in [5, 5.41) is 0. The second-order valence-electron chi connectivity index (χ2n) is 1.90. The van der Waals surface area contributed by atoms with Crippen LogP contribution in [0, 0.1) is 0 Å². The minimum atomic E-state index is -2.53. The number of halogens is 2. The summed E-state index contributed by atoms with van der Waals surface area (Å²) in [7, 11) is 1.31. The third kappa shape index (κ3) is 1.63. The van der Waals surface area contributed by atoms with Gasteiger partial charge in [-0.3, -0.25) is 0 Å². The first kappa shape index (κ1) is 7.91. The molecule has 0 saturated heterocycles. The average Bonchev–Trinajstić information content (AvgIpc) is 2.04. The maximum absolute atomic E-state index is 12.1. The van der Waals surface area contributed by atoms with Gasteiger partial charge in [-0.25, -0.2) is 13.8 Å². The van der Waals surface area contributed by atoms with Crippen LogP contribution in [0.15, 0.2) is 18.3 Å². The van der Waals surface area contributed by atoms with Crippen molar-refractivity contribution in [2.45, 2.75) is 6.43 Å². The number of nitrogens with zero attached hydrogens (tertiary/aromatic N) is 1. The molecule has 60 valence electrons. The lowest BCUT2D eigenvalue weighted by atomic mass is 10.3. The molecule has 0 aliphatic carbocycles. The summed E-state index contributed by atoms with van der Waals surface area (Å²) >= 11 is 0. The van der Waals surface area contributed by atoms with Gasteiger partial charge in [0.1, 0.15) is 0 Å². The van der Waals surface area contributed by atoms with Crippen molar-refractivity contribution in [3.8, 4) is 5.88 Å². The van der Waals surface area contributed by atoms with Gasteiger partial charge in [0, 0.05) is 6.20 Å². The summed E-state index contributed by atoms with van der Waals surface area (Å²) in [5.41, 5.74) is -0.171. The molecule has 0 aliphatic heterocycles. The molecule has 1 aromatic rings. The molecule has 2 nitrogen and oxygen atoms in total. The first-order valence-electron chi connectivity index (χ1n) is 3.02. The van der Waals surface area contributed by atoms with Crippen LogP contribution in [-0.4, -0.2) is 12.1 Å². The fraction of sp³-hybridized carbons (Fsp3) is 0.286. The van der Waals surface area contributed by atoms with Crippen molar-refractivity contribution in [1.82, 2.24) is 4.98 Å². The quantitative estimate of drug-likeness (QED) is 0.658. The van der Waals surface area contributed by atoms with Gasteiger partial charge in [0.2, 0.25) is 5.88 Å². The molecule has 0 bridgehead atoms. The molecular weight excluding hydrogens is 152 g/mol. The van der Waals surface area contributed by atoms with E-state index in [1.807, 2.05) is 0 Å². The summed E-state index contributed by atoms with van der Waals surface area (Å²) in [5.74, 6) is -0.0116. The van der Waals surface area contributed by atoms with Crippen molar-refractivity contribution >= 4 is 0 Å². The predicted molar refractivity (Wildman–Crippen MR) is 35.7 cm³/mol. The first-order chi connectivity index (χ1) is 5.25. The van der Waals surface area contributed by atoms with Crippen LogP contribution in [0.2, 0.25) is 0 Å². The number of aromatic nitrogens is 1. The third-order valence-electron chi connectivity index (χ3n) is 1.23. The molecule has 11 heavy (non-hydrogen) atoms. The van der Waals surface area contributed by atoms with Crippen molar-refractivity contribution < 1.29 is 13.5 Å². The second kappa shape index (κ2) is 3.27. The van der Waals surface area contributed by atoms with Crippen molar-refractivity contribution in [2.24, 2.45) is 0 Å². The molecule has 4 heteroatoms. The van der Waals surface area contributed by atoms with Gasteiger partial charge < -0.3 is 4.74 Å². The van der Waals surface area contributed by atoms with E-state index in [0.717, 1.165) is 0 Å². The van der Waals surface area contributed by atoms with Crippen LogP contribution in [0.3, 0.4) is 0 Å². The van der Waals surface area contributed by atoms with E-state index in [1.165, 1.54) is 25.4 Å². The van der Waals surface area contributed by atoms with Gasteiger partial charge >= 0.3 is 0 Å². The molecule has 0 amide bonds. The Bertz CT molecular complexity index is 240. The Labute approximate surface area is 62.8 Å². The lowest BCUT2D eigenvalue weighted by molar-refractivity contribution is 0.146. The second-order valence-corrected chi connectivity index (χ2v) is 1.90. The van der Waals surface area contributed by atoms with Crippen LogP contribution in [0.4, 0.5) is 8.78 Å². The van der Waals surface area contributed by atoms with E-state index in [4.69, 9.17) is 0 Å². The van der Waals surface area contributed by atoms with Crippen LogP contribution in [-0.2, 0) is 0 Å². The minimum Gasteiger partial charge on any atom is -0.481 e. The topological polar surface area (TPSA) is 22.1 Å². The standard InChI is InChI=1S/C7H7F2NO/c1-11-7-5(6(8)9)3-2-4-10-7/h2-4,6H,1H3. The largest absolute Gasteiger partial charge is 0.481 e. The fourth-order valence-corrected chi connectivity index (χ4v) is 0.740. The average molecular weight is 159 g/mol. The molecule has 0 aliphatic rings. The van der Waals surface area contributed by atoms with Gasteiger partial charge in [-0.15, -0.1) is 0 Å². The van der Waals surface area contributed by atoms with Crippen LogP contribution in [0.5, 0.6) is 5.88 Å². The molecule has 1 rings (SSSR count). The van der Waals surface area contributed by atoms with Crippen molar-refractivity contribution in [1.29, 1.82) is 0 Å². The maximum Gasteiger partial charge on any atom is 0.269 e. The molecule has 1 aromatic heterocycles. The maximum atomic E-state index is 12.1. The number of methoxy groups -OCH3 is 1. The summed E-state index contributed by atoms with van der Waals surface area (Å²) < 4.78 is 28.8. The van der Waals surface area contributed by atoms with Crippen LogP contribution in [0.25, 0.3) is 0 Å². The summed E-state index contributed by atoms with van der Waals surface area (Å²) in [6.07, 6.45) is -1.12. The van der Waals surface area contributed by atoms with Crippen LogP contribution < -0.4 is 4.74 Å². The number of ether oxygens (including phenoxy) is 1. The zero-order chi connectivity index (χ0) is 8.27. The Kier molecular flexibility index (Phi) is 2.36. The molecule has 0 spiro atoms. The highest BCUT2D eigenvalue weighted by Crippen LogP contribution is 2.25. The van der Waals surface area contributed by atoms with Crippen LogP contribution in [0.1, 0.15) is 12.0 Å². The van der Waals surface area contributed by atoms with Gasteiger partial charge in [-0.2, -0.15) is 0 Å². The molecule has 0 atom stereocenters. The van der Waals surface area contributed by atoms with Gasteiger partial charge in [0.25, 0.3) is 6.43 Å². The molecule has 0 saturated carbocycles. The molecule has 0 radical (unpaired) electrons. The number of pyridine rings is 1. The van der Waals surface area contributed by atoms with Crippen LogP contribution >= 0.6 is 0 Å². The predicted octanol–water partition coefficient (Wildman–Crippen LogP) is 2.03. The van der Waals surface area contributed by atoms with E-state index in [9.17, 15) is 8.78 Å². The van der Waals surface area contributed by atoms with E-state index in [0.29, 0.717) is 0 Å². The van der Waals surface area contributed by atoms with E-state index < -0.39 is 6.43 Å². The molecule has 1 heterocycles. The summed E-state index contributed by atoms with van der Waals surface area (Å²) in [6.45, 7) is 0. The number of hydrogen-bond acceptors (Lipinski definition) is 2. The first-order valence-corrected chi connectivity index (χ1v) is 3.02. The highest BCUT2D eigenvalue weighted by molar-refractivity contribution is 5.26. The Hall–Kier alpha value is -1.19. The number of alkyl halides is 2. The van der Waals surface area contributed by atoms with Gasteiger partial charge in [-0.1, -0.05) is 0 Å². The molecule has 0 unspecified atom stereocenters. The van der Waals surface area contributed by atoms with Gasteiger partial charge in [-0.05, 0) is 12.1 Å². The zero-order valence-electron chi connectivity index (χ0n) is 5.92. The summed E-state index contributed by atoms with van der Waals surface area (Å²) in [6, 6.07) is 2.74. The van der Waals surface area contributed by atoms with Gasteiger partial charge in [0.05, 0.1) is 12.7 Å². The Morgan fingerprint density at radius 3 is 2.73 bits per heavy atom. The molecule has 0 aromatic carbocycles. The number of hydrogen-bond donors (Lipinski definition) is 0. The van der Waals surface area contributed by atoms with E-state index in [-0.39, 0.29) is 11.4 Å². The van der Waals surface area contributed by atoms with Crippen molar-refractivity contribution in [3.63, 3.8) is 0 Å². The number of rotatable bonds is 2. The lowest BCUT2D eigenvalue weighted by Crippen LogP contribution is -1.94. The monoisotopic (exact) mass is 159 g/mol. The Balaban J connectivity index is 3.02. The zero-order valence-corrected chi connectivity index (χ0v) is 5.92. The highest BCUT2D eigenvalue weighted by atomic mass is 19.3. The SMILES string of the molecule is COc1ncccc1C(F)F. The minimum absolute atomic E-state index is 0.0116. The van der Waals surface area contributed by atoms with E-state index in [1.54, 1.807) is 0 Å². The van der Waals surface area contributed by atoms with Crippen molar-refractivity contribution in [2.75, 3.05) is 7.11 Å². The molecular formula is C7H7F2NO. The smallest absolute Gasteiger partial charge is 0.269 e. The third-order valence-corrected chi connectivity index (χ3v) is 1.23.